The van der Waals surface area contributed by atoms with Gasteiger partial charge in [-0.3, -0.25) is 0 Å². The molecule has 0 fully saturated rings. The summed E-state index contributed by atoms with van der Waals surface area (Å²) in [6, 6.07) is 96.2. The standard InChI is InChI=1S/C62H44N2/c1-3-14-45(15-4-1)47-28-36-55(37-29-47)63(61-26-12-20-51-18-7-9-24-59(51)61)57-40-32-49(33-41-57)53-22-11-23-54(44-53)50-34-42-58(43-35-50)64(62-27-13-21-52-19-8-10-25-60(52)62)56-38-30-48(31-39-56)46-16-5-2-6-17-46/h1-44H. The highest BCUT2D eigenvalue weighted by Crippen LogP contribution is 2.42. The summed E-state index contributed by atoms with van der Waals surface area (Å²) < 4.78 is 0. The van der Waals surface area contributed by atoms with Crippen molar-refractivity contribution in [1.29, 1.82) is 0 Å². The molecular weight excluding hydrogens is 773 g/mol. The molecule has 0 amide bonds. The van der Waals surface area contributed by atoms with Gasteiger partial charge in [0.15, 0.2) is 0 Å². The summed E-state index contributed by atoms with van der Waals surface area (Å²) in [4.78, 5) is 4.75. The van der Waals surface area contributed by atoms with E-state index in [0.717, 1.165) is 34.1 Å². The van der Waals surface area contributed by atoms with Crippen molar-refractivity contribution in [2.75, 3.05) is 9.80 Å². The molecule has 0 aromatic heterocycles. The lowest BCUT2D eigenvalue weighted by molar-refractivity contribution is 1.30. The van der Waals surface area contributed by atoms with Crippen molar-refractivity contribution in [2.45, 2.75) is 0 Å². The van der Waals surface area contributed by atoms with Gasteiger partial charge in [-0.15, -0.1) is 0 Å². The van der Waals surface area contributed by atoms with Crippen molar-refractivity contribution in [2.24, 2.45) is 0 Å². The molecule has 0 unspecified atom stereocenters. The summed E-state index contributed by atoms with van der Waals surface area (Å²) in [7, 11) is 0. The monoisotopic (exact) mass is 816 g/mol. The Morgan fingerprint density at radius 3 is 0.828 bits per heavy atom. The van der Waals surface area contributed by atoms with Crippen LogP contribution >= 0.6 is 0 Å². The van der Waals surface area contributed by atoms with Gasteiger partial charge in [-0.2, -0.15) is 0 Å². The molecule has 0 aliphatic rings. The quantitative estimate of drug-likeness (QED) is 0.136. The molecule has 0 aliphatic heterocycles. The molecule has 11 aromatic rings. The molecule has 0 bridgehead atoms. The Balaban J connectivity index is 0.913. The van der Waals surface area contributed by atoms with Crippen LogP contribution in [-0.4, -0.2) is 0 Å². The molecule has 302 valence electrons. The van der Waals surface area contributed by atoms with Crippen molar-refractivity contribution in [3.8, 4) is 44.5 Å². The van der Waals surface area contributed by atoms with Gasteiger partial charge in [0.1, 0.15) is 0 Å². The highest BCUT2D eigenvalue weighted by molar-refractivity contribution is 6.00. The van der Waals surface area contributed by atoms with E-state index in [9.17, 15) is 0 Å². The summed E-state index contributed by atoms with van der Waals surface area (Å²) >= 11 is 0. The zero-order valence-electron chi connectivity index (χ0n) is 35.3. The molecule has 0 saturated heterocycles. The molecule has 0 heterocycles. The van der Waals surface area contributed by atoms with Crippen molar-refractivity contribution in [1.82, 2.24) is 0 Å². The first-order valence-corrected chi connectivity index (χ1v) is 21.9. The second-order valence-corrected chi connectivity index (χ2v) is 16.2. The number of hydrogen-bond acceptors (Lipinski definition) is 2. The van der Waals surface area contributed by atoms with Gasteiger partial charge in [0, 0.05) is 33.5 Å². The summed E-state index contributed by atoms with van der Waals surface area (Å²) in [5.74, 6) is 0. The van der Waals surface area contributed by atoms with Crippen LogP contribution in [-0.2, 0) is 0 Å². The van der Waals surface area contributed by atoms with E-state index < -0.39 is 0 Å². The predicted molar refractivity (Wildman–Crippen MR) is 273 cm³/mol. The zero-order chi connectivity index (χ0) is 42.7. The number of benzene rings is 11. The minimum absolute atomic E-state index is 1.10. The third kappa shape index (κ3) is 7.59. The van der Waals surface area contributed by atoms with Crippen LogP contribution < -0.4 is 9.80 Å². The summed E-state index contributed by atoms with van der Waals surface area (Å²) in [6.45, 7) is 0. The first-order valence-electron chi connectivity index (χ1n) is 21.9. The Labute approximate surface area is 375 Å². The minimum atomic E-state index is 1.10. The van der Waals surface area contributed by atoms with Gasteiger partial charge < -0.3 is 9.80 Å². The Kier molecular flexibility index (Phi) is 10.3. The SMILES string of the molecule is c1ccc(-c2ccc(N(c3ccc(-c4cccc(-c5ccc(N(c6ccc(-c7ccccc7)cc6)c6cccc7ccccc67)cc5)c4)cc3)c3cccc4ccccc34)cc2)cc1. The zero-order valence-corrected chi connectivity index (χ0v) is 35.3. The van der Waals surface area contributed by atoms with E-state index >= 15 is 0 Å². The molecule has 11 rings (SSSR count). The maximum absolute atomic E-state index is 2.37. The summed E-state index contributed by atoms with van der Waals surface area (Å²) in [5, 5.41) is 4.85. The second kappa shape index (κ2) is 17.1. The molecule has 2 heteroatoms. The fourth-order valence-corrected chi connectivity index (χ4v) is 9.01. The molecule has 0 radical (unpaired) electrons. The van der Waals surface area contributed by atoms with E-state index in [1.54, 1.807) is 0 Å². The normalized spacial score (nSPS) is 11.1. The van der Waals surface area contributed by atoms with Crippen molar-refractivity contribution >= 4 is 55.7 Å². The van der Waals surface area contributed by atoms with Gasteiger partial charge >= 0.3 is 0 Å². The highest BCUT2D eigenvalue weighted by atomic mass is 15.1. The largest absolute Gasteiger partial charge is 0.310 e. The third-order valence-corrected chi connectivity index (χ3v) is 12.3. The molecular formula is C62H44N2. The van der Waals surface area contributed by atoms with E-state index in [2.05, 4.69) is 277 Å². The fraction of sp³-hybridized carbons (Fsp3) is 0. The second-order valence-electron chi connectivity index (χ2n) is 16.2. The molecule has 0 atom stereocenters. The Morgan fingerprint density at radius 1 is 0.188 bits per heavy atom. The van der Waals surface area contributed by atoms with Crippen LogP contribution in [0.5, 0.6) is 0 Å². The maximum atomic E-state index is 2.37. The topological polar surface area (TPSA) is 6.48 Å². The number of anilines is 6. The van der Waals surface area contributed by atoms with Crippen LogP contribution in [0.1, 0.15) is 0 Å². The van der Waals surface area contributed by atoms with Gasteiger partial charge in [-0.1, -0.05) is 200 Å². The molecule has 2 nitrogen and oxygen atoms in total. The minimum Gasteiger partial charge on any atom is -0.310 e. The van der Waals surface area contributed by atoms with E-state index in [4.69, 9.17) is 0 Å². The van der Waals surface area contributed by atoms with Gasteiger partial charge in [0.05, 0.1) is 11.4 Å². The first-order chi connectivity index (χ1) is 31.7. The predicted octanol–water partition coefficient (Wildman–Crippen LogP) is 17.6. The molecule has 11 aromatic carbocycles. The molecule has 0 aliphatic carbocycles. The average Bonchev–Trinajstić information content (AvgIpc) is 3.38. The van der Waals surface area contributed by atoms with E-state index in [-0.39, 0.29) is 0 Å². The van der Waals surface area contributed by atoms with Crippen LogP contribution in [0.4, 0.5) is 34.1 Å². The third-order valence-electron chi connectivity index (χ3n) is 12.3. The first kappa shape index (κ1) is 38.5. The number of hydrogen-bond donors (Lipinski definition) is 0. The Hall–Kier alpha value is -8.46. The van der Waals surface area contributed by atoms with Crippen LogP contribution in [0.2, 0.25) is 0 Å². The molecule has 0 N–H and O–H groups in total. The van der Waals surface area contributed by atoms with Crippen molar-refractivity contribution in [3.63, 3.8) is 0 Å². The van der Waals surface area contributed by atoms with E-state index in [0.29, 0.717) is 0 Å². The fourth-order valence-electron chi connectivity index (χ4n) is 9.01. The van der Waals surface area contributed by atoms with Gasteiger partial charge in [0.2, 0.25) is 0 Å². The number of nitrogens with zero attached hydrogens (tertiary/aromatic N) is 2. The summed E-state index contributed by atoms with van der Waals surface area (Å²) in [6.07, 6.45) is 0. The molecule has 64 heavy (non-hydrogen) atoms. The van der Waals surface area contributed by atoms with Gasteiger partial charge in [0.25, 0.3) is 0 Å². The molecule has 0 saturated carbocycles. The highest BCUT2D eigenvalue weighted by Gasteiger charge is 2.18. The molecule has 0 spiro atoms. The van der Waals surface area contributed by atoms with Crippen LogP contribution in [0, 0.1) is 0 Å². The summed E-state index contributed by atoms with van der Waals surface area (Å²) in [5.41, 5.74) is 16.2. The Bertz CT molecular complexity index is 3100. The van der Waals surface area contributed by atoms with Crippen LogP contribution in [0.15, 0.2) is 267 Å². The van der Waals surface area contributed by atoms with Crippen LogP contribution in [0.3, 0.4) is 0 Å². The Morgan fingerprint density at radius 2 is 0.453 bits per heavy atom. The van der Waals surface area contributed by atoms with E-state index in [1.807, 2.05) is 0 Å². The number of rotatable bonds is 10. The van der Waals surface area contributed by atoms with Crippen molar-refractivity contribution in [3.05, 3.63) is 267 Å². The smallest absolute Gasteiger partial charge is 0.0540 e. The van der Waals surface area contributed by atoms with E-state index in [1.165, 1.54) is 66.1 Å². The van der Waals surface area contributed by atoms with Crippen molar-refractivity contribution < 1.29 is 0 Å². The van der Waals surface area contributed by atoms with Crippen LogP contribution in [0.25, 0.3) is 66.1 Å². The lowest BCUT2D eigenvalue weighted by Gasteiger charge is -2.27. The van der Waals surface area contributed by atoms with Gasteiger partial charge in [-0.05, 0) is 122 Å². The lowest BCUT2D eigenvalue weighted by Crippen LogP contribution is -2.10. The number of fused-ring (bicyclic) bond motifs is 2. The lowest BCUT2D eigenvalue weighted by atomic mass is 9.98. The average molecular weight is 817 g/mol. The van der Waals surface area contributed by atoms with Gasteiger partial charge in [-0.25, -0.2) is 0 Å². The maximum Gasteiger partial charge on any atom is 0.0540 e.